The molecule has 0 aromatic heterocycles. The summed E-state index contributed by atoms with van der Waals surface area (Å²) in [7, 11) is 1.35. The van der Waals surface area contributed by atoms with E-state index in [0.717, 1.165) is 6.42 Å². The van der Waals surface area contributed by atoms with Crippen molar-refractivity contribution in [1.29, 1.82) is 0 Å². The lowest BCUT2D eigenvalue weighted by Gasteiger charge is -2.29. The molecule has 3 heteroatoms. The molecule has 0 heterocycles. The quantitative estimate of drug-likeness (QED) is 0.556. The second kappa shape index (κ2) is 2.82. The van der Waals surface area contributed by atoms with Crippen molar-refractivity contribution in [3.8, 4) is 0 Å². The van der Waals surface area contributed by atoms with Crippen molar-refractivity contribution in [3.05, 3.63) is 0 Å². The van der Waals surface area contributed by atoms with Crippen LogP contribution in [-0.2, 0) is 4.74 Å². The molecule has 0 aliphatic heterocycles. The molecule has 0 unspecified atom stereocenters. The minimum absolute atomic E-state index is 0.00843. The Hall–Kier alpha value is -0.180. The molecule has 1 aliphatic carbocycles. The maximum absolute atomic E-state index is 12.7. The van der Waals surface area contributed by atoms with Gasteiger partial charge in [-0.15, -0.1) is 0 Å². The van der Waals surface area contributed by atoms with Gasteiger partial charge in [-0.1, -0.05) is 6.42 Å². The summed E-state index contributed by atoms with van der Waals surface area (Å²) in [5.74, 6) is -2.58. The van der Waals surface area contributed by atoms with Gasteiger partial charge >= 0.3 is 0 Å². The predicted octanol–water partition coefficient (Wildman–Crippen LogP) is 2.21. The number of halogens is 2. The van der Waals surface area contributed by atoms with Gasteiger partial charge in [0.1, 0.15) is 6.10 Å². The first-order valence-electron chi connectivity index (χ1n) is 3.57. The fourth-order valence-corrected chi connectivity index (χ4v) is 1.35. The molecule has 1 nitrogen and oxygen atoms in total. The molecule has 1 saturated carbocycles. The zero-order chi connectivity index (χ0) is 7.61. The van der Waals surface area contributed by atoms with Gasteiger partial charge in [0.15, 0.2) is 0 Å². The van der Waals surface area contributed by atoms with E-state index in [0.29, 0.717) is 12.8 Å². The van der Waals surface area contributed by atoms with Crippen LogP contribution in [0.15, 0.2) is 0 Å². The van der Waals surface area contributed by atoms with Crippen molar-refractivity contribution in [2.75, 3.05) is 7.11 Å². The first-order chi connectivity index (χ1) is 4.67. The van der Waals surface area contributed by atoms with Gasteiger partial charge in [0.2, 0.25) is 0 Å². The van der Waals surface area contributed by atoms with Crippen molar-refractivity contribution in [2.45, 2.75) is 37.7 Å². The molecule has 1 rings (SSSR count). The van der Waals surface area contributed by atoms with E-state index in [2.05, 4.69) is 4.74 Å². The van der Waals surface area contributed by atoms with Gasteiger partial charge in [-0.05, 0) is 12.8 Å². The van der Waals surface area contributed by atoms with E-state index in [1.54, 1.807) is 0 Å². The van der Waals surface area contributed by atoms with E-state index >= 15 is 0 Å². The first-order valence-corrected chi connectivity index (χ1v) is 3.57. The third-order valence-corrected chi connectivity index (χ3v) is 1.98. The molecular formula is C7H12F2O. The van der Waals surface area contributed by atoms with Crippen LogP contribution in [0.4, 0.5) is 8.78 Å². The highest BCUT2D eigenvalue weighted by Crippen LogP contribution is 2.34. The van der Waals surface area contributed by atoms with Crippen LogP contribution in [0.3, 0.4) is 0 Å². The van der Waals surface area contributed by atoms with E-state index in [-0.39, 0.29) is 6.42 Å². The molecule has 1 aliphatic rings. The molecule has 0 spiro atoms. The lowest BCUT2D eigenvalue weighted by atomic mass is 9.94. The third kappa shape index (κ3) is 1.45. The number of methoxy groups -OCH3 is 1. The summed E-state index contributed by atoms with van der Waals surface area (Å²) in [6.07, 6.45) is 1.16. The standard InChI is InChI=1S/C7H12F2O/c1-10-6-4-2-3-5-7(6,8)9/h6H,2-5H2,1H3/t6-/m0/s1. The summed E-state index contributed by atoms with van der Waals surface area (Å²) >= 11 is 0. The highest BCUT2D eigenvalue weighted by Gasteiger charge is 2.41. The molecular weight excluding hydrogens is 138 g/mol. The Morgan fingerprint density at radius 3 is 2.50 bits per heavy atom. The van der Waals surface area contributed by atoms with Crippen LogP contribution >= 0.6 is 0 Å². The number of rotatable bonds is 1. The SMILES string of the molecule is CO[C@H]1CCCCC1(F)F. The van der Waals surface area contributed by atoms with Crippen molar-refractivity contribution in [2.24, 2.45) is 0 Å². The van der Waals surface area contributed by atoms with E-state index in [1.807, 2.05) is 0 Å². The number of hydrogen-bond donors (Lipinski definition) is 0. The normalized spacial score (nSPS) is 32.1. The van der Waals surface area contributed by atoms with Gasteiger partial charge in [-0.3, -0.25) is 0 Å². The lowest BCUT2D eigenvalue weighted by molar-refractivity contribution is -0.145. The minimum Gasteiger partial charge on any atom is -0.375 e. The van der Waals surface area contributed by atoms with Crippen LogP contribution in [0.25, 0.3) is 0 Å². The van der Waals surface area contributed by atoms with Gasteiger partial charge < -0.3 is 4.74 Å². The highest BCUT2D eigenvalue weighted by atomic mass is 19.3. The van der Waals surface area contributed by atoms with Gasteiger partial charge in [0, 0.05) is 13.5 Å². The Labute approximate surface area is 59.4 Å². The van der Waals surface area contributed by atoms with Gasteiger partial charge in [-0.2, -0.15) is 0 Å². The Bertz CT molecular complexity index is 114. The molecule has 0 aromatic carbocycles. The van der Waals surface area contributed by atoms with Crippen LogP contribution in [0.1, 0.15) is 25.7 Å². The van der Waals surface area contributed by atoms with E-state index in [1.165, 1.54) is 7.11 Å². The average molecular weight is 150 g/mol. The smallest absolute Gasteiger partial charge is 0.273 e. The van der Waals surface area contributed by atoms with E-state index in [9.17, 15) is 8.78 Å². The molecule has 1 fully saturated rings. The molecule has 60 valence electrons. The minimum atomic E-state index is -2.58. The predicted molar refractivity (Wildman–Crippen MR) is 34.2 cm³/mol. The van der Waals surface area contributed by atoms with Crippen LogP contribution < -0.4 is 0 Å². The van der Waals surface area contributed by atoms with Gasteiger partial charge in [0.05, 0.1) is 0 Å². The Morgan fingerprint density at radius 2 is 2.10 bits per heavy atom. The van der Waals surface area contributed by atoms with Crippen molar-refractivity contribution < 1.29 is 13.5 Å². The zero-order valence-electron chi connectivity index (χ0n) is 6.07. The van der Waals surface area contributed by atoms with E-state index in [4.69, 9.17) is 0 Å². The molecule has 0 amide bonds. The Morgan fingerprint density at radius 1 is 1.40 bits per heavy atom. The second-order valence-corrected chi connectivity index (χ2v) is 2.73. The summed E-state index contributed by atoms with van der Waals surface area (Å²) in [4.78, 5) is 0. The van der Waals surface area contributed by atoms with Crippen molar-refractivity contribution >= 4 is 0 Å². The molecule has 10 heavy (non-hydrogen) atoms. The monoisotopic (exact) mass is 150 g/mol. The number of alkyl halides is 2. The summed E-state index contributed by atoms with van der Waals surface area (Å²) < 4.78 is 30.1. The zero-order valence-corrected chi connectivity index (χ0v) is 6.07. The first kappa shape index (κ1) is 7.92. The highest BCUT2D eigenvalue weighted by molar-refractivity contribution is 4.81. The summed E-state index contributed by atoms with van der Waals surface area (Å²) in [5, 5.41) is 0. The van der Waals surface area contributed by atoms with Gasteiger partial charge in [-0.25, -0.2) is 8.78 Å². The second-order valence-electron chi connectivity index (χ2n) is 2.73. The Balaban J connectivity index is 2.51. The van der Waals surface area contributed by atoms with Gasteiger partial charge in [0.25, 0.3) is 5.92 Å². The molecule has 0 bridgehead atoms. The number of hydrogen-bond acceptors (Lipinski definition) is 1. The summed E-state index contributed by atoms with van der Waals surface area (Å²) in [5.41, 5.74) is 0. The van der Waals surface area contributed by atoms with Crippen LogP contribution in [0, 0.1) is 0 Å². The topological polar surface area (TPSA) is 9.23 Å². The van der Waals surface area contributed by atoms with Crippen LogP contribution in [-0.4, -0.2) is 19.1 Å². The molecule has 0 N–H and O–H groups in total. The summed E-state index contributed by atoms with van der Waals surface area (Å²) in [6, 6.07) is 0. The molecule has 1 atom stereocenters. The third-order valence-electron chi connectivity index (χ3n) is 1.98. The average Bonchev–Trinajstić information content (AvgIpc) is 1.87. The Kier molecular flexibility index (Phi) is 2.24. The van der Waals surface area contributed by atoms with Crippen molar-refractivity contribution in [3.63, 3.8) is 0 Å². The summed E-state index contributed by atoms with van der Waals surface area (Å²) in [6.45, 7) is 0. The van der Waals surface area contributed by atoms with E-state index < -0.39 is 12.0 Å². The fourth-order valence-electron chi connectivity index (χ4n) is 1.35. The van der Waals surface area contributed by atoms with Crippen LogP contribution in [0.2, 0.25) is 0 Å². The largest absolute Gasteiger partial charge is 0.375 e. The molecule has 0 saturated heterocycles. The van der Waals surface area contributed by atoms with Crippen molar-refractivity contribution in [1.82, 2.24) is 0 Å². The number of ether oxygens (including phenoxy) is 1. The molecule has 0 radical (unpaired) electrons. The maximum Gasteiger partial charge on any atom is 0.273 e. The maximum atomic E-state index is 12.7. The molecule has 0 aromatic rings. The van der Waals surface area contributed by atoms with Crippen LogP contribution in [0.5, 0.6) is 0 Å². The lowest BCUT2D eigenvalue weighted by Crippen LogP contribution is -2.37. The fraction of sp³-hybridized carbons (Fsp3) is 1.00.